The molecule has 0 amide bonds. The van der Waals surface area contributed by atoms with Crippen LogP contribution < -0.4 is 20.7 Å². The molecule has 0 saturated heterocycles. The van der Waals surface area contributed by atoms with Gasteiger partial charge in [-0.15, -0.1) is 0 Å². The van der Waals surface area contributed by atoms with Crippen molar-refractivity contribution in [3.63, 3.8) is 0 Å². The smallest absolute Gasteiger partial charge is 0.132 e. The summed E-state index contributed by atoms with van der Waals surface area (Å²) >= 11 is 0. The minimum atomic E-state index is 0.373. The lowest BCUT2D eigenvalue weighted by atomic mass is 10.1. The average molecular weight is 527 g/mol. The summed E-state index contributed by atoms with van der Waals surface area (Å²) in [5, 5.41) is 23.4. The van der Waals surface area contributed by atoms with E-state index in [0.717, 1.165) is 78.3 Å². The number of ether oxygens (including phenoxy) is 1. The third-order valence-electron chi connectivity index (χ3n) is 6.22. The molecule has 3 aromatic rings. The van der Waals surface area contributed by atoms with E-state index in [9.17, 15) is 10.1 Å². The van der Waals surface area contributed by atoms with E-state index < -0.39 is 0 Å². The molecule has 8 heteroatoms. The largest absolute Gasteiger partial charge is 0.458 e. The van der Waals surface area contributed by atoms with Crippen molar-refractivity contribution in [2.45, 2.75) is 52.4 Å². The van der Waals surface area contributed by atoms with Gasteiger partial charge in [0.1, 0.15) is 23.4 Å². The van der Waals surface area contributed by atoms with E-state index in [2.05, 4.69) is 45.8 Å². The number of carbonyl (C=O) groups excluding carboxylic acids is 1. The Morgan fingerprint density at radius 2 is 2.05 bits per heavy atom. The predicted molar refractivity (Wildman–Crippen MR) is 158 cm³/mol. The number of aromatic nitrogens is 2. The van der Waals surface area contributed by atoms with Crippen LogP contribution in [0.1, 0.15) is 56.6 Å². The molecule has 204 valence electrons. The molecule has 2 heterocycles. The standard InChI is InChI=1S/C22H21N5O.C9H17NO/c1-15-20(24-2)14-27-22(15)21(16(12-23)13-25-27)26-17-8-10-19(11-9-17)28-18-6-4-3-5-7-18;1-3-6-9(11)7-5-8-10-4-2/h4,6-11,13-14,24,26H,3,5H2,1-2H3;4,10H,2-3,5-8H2,1H3. The van der Waals surface area contributed by atoms with E-state index in [4.69, 9.17) is 4.74 Å². The van der Waals surface area contributed by atoms with Crippen LogP contribution in [0, 0.1) is 18.3 Å². The van der Waals surface area contributed by atoms with Crippen molar-refractivity contribution in [1.29, 1.82) is 5.26 Å². The van der Waals surface area contributed by atoms with Gasteiger partial charge in [-0.05, 0) is 75.2 Å². The van der Waals surface area contributed by atoms with Crippen LogP contribution in [-0.4, -0.2) is 29.0 Å². The van der Waals surface area contributed by atoms with Gasteiger partial charge >= 0.3 is 0 Å². The van der Waals surface area contributed by atoms with Gasteiger partial charge in [0.2, 0.25) is 0 Å². The minimum absolute atomic E-state index is 0.373. The predicted octanol–water partition coefficient (Wildman–Crippen LogP) is 6.78. The number of nitrogens with one attached hydrogen (secondary N) is 3. The first-order valence-electron chi connectivity index (χ1n) is 13.4. The molecule has 0 unspecified atom stereocenters. The molecular weight excluding hydrogens is 488 g/mol. The number of nitrogens with zero attached hydrogens (tertiary/aromatic N) is 3. The number of Topliss-reactive ketones (excluding diaryl/α,β-unsaturated/α-hetero) is 1. The number of anilines is 3. The Kier molecular flexibility index (Phi) is 11.2. The van der Waals surface area contributed by atoms with Crippen molar-refractivity contribution in [3.05, 3.63) is 84.6 Å². The fraction of sp³-hybridized carbons (Fsp3) is 0.323. The van der Waals surface area contributed by atoms with E-state index in [1.807, 2.05) is 57.4 Å². The Balaban J connectivity index is 0.000000325. The fourth-order valence-corrected chi connectivity index (χ4v) is 4.20. The summed E-state index contributed by atoms with van der Waals surface area (Å²) in [5.41, 5.74) is 4.99. The van der Waals surface area contributed by atoms with Crippen molar-refractivity contribution in [1.82, 2.24) is 14.9 Å². The van der Waals surface area contributed by atoms with E-state index >= 15 is 0 Å². The third kappa shape index (κ3) is 8.24. The highest BCUT2D eigenvalue weighted by molar-refractivity contribution is 5.87. The Hall–Kier alpha value is -4.51. The van der Waals surface area contributed by atoms with E-state index in [-0.39, 0.29) is 0 Å². The number of aryl methyl sites for hydroxylation is 1. The Labute approximate surface area is 231 Å². The number of rotatable bonds is 12. The molecule has 0 fully saturated rings. The summed E-state index contributed by atoms with van der Waals surface area (Å²) in [6, 6.07) is 9.95. The van der Waals surface area contributed by atoms with Crippen LogP contribution in [0.3, 0.4) is 0 Å². The SMILES string of the molecule is C=CNCCCC(=O)CCC.CNc1cn2ncc(C#N)c(Nc3ccc(OC4=CCCC=C4)cc3)c2c1C. The molecule has 0 aliphatic heterocycles. The fourth-order valence-electron chi connectivity index (χ4n) is 4.20. The number of ketones is 1. The van der Waals surface area contributed by atoms with Gasteiger partial charge in [0.05, 0.1) is 34.8 Å². The molecule has 0 spiro atoms. The van der Waals surface area contributed by atoms with Crippen molar-refractivity contribution >= 4 is 28.4 Å². The number of benzene rings is 1. The molecule has 0 bridgehead atoms. The molecule has 0 atom stereocenters. The Morgan fingerprint density at radius 3 is 2.69 bits per heavy atom. The zero-order valence-corrected chi connectivity index (χ0v) is 23.1. The van der Waals surface area contributed by atoms with E-state index in [1.165, 1.54) is 0 Å². The number of allylic oxidation sites excluding steroid dienone is 3. The second kappa shape index (κ2) is 15.0. The summed E-state index contributed by atoms with van der Waals surface area (Å²) in [6.07, 6.45) is 16.7. The van der Waals surface area contributed by atoms with Crippen molar-refractivity contribution in [2.75, 3.05) is 24.2 Å². The van der Waals surface area contributed by atoms with Crippen LogP contribution in [-0.2, 0) is 4.79 Å². The van der Waals surface area contributed by atoms with Gasteiger partial charge in [-0.2, -0.15) is 10.4 Å². The van der Waals surface area contributed by atoms with E-state index in [0.29, 0.717) is 17.8 Å². The summed E-state index contributed by atoms with van der Waals surface area (Å²) < 4.78 is 7.67. The summed E-state index contributed by atoms with van der Waals surface area (Å²) in [6.45, 7) is 8.42. The molecule has 2 aromatic heterocycles. The second-order valence-corrected chi connectivity index (χ2v) is 9.14. The van der Waals surface area contributed by atoms with Crippen LogP contribution in [0.15, 0.2) is 73.4 Å². The highest BCUT2D eigenvalue weighted by atomic mass is 16.5. The van der Waals surface area contributed by atoms with Crippen LogP contribution in [0.4, 0.5) is 17.1 Å². The number of hydrogen-bond donors (Lipinski definition) is 3. The van der Waals surface area contributed by atoms with Crippen molar-refractivity contribution in [3.8, 4) is 11.8 Å². The topological polar surface area (TPSA) is 103 Å². The Bertz CT molecular complexity index is 1360. The number of nitriles is 1. The Morgan fingerprint density at radius 1 is 1.26 bits per heavy atom. The summed E-state index contributed by atoms with van der Waals surface area (Å²) in [4.78, 5) is 11.0. The first-order valence-corrected chi connectivity index (χ1v) is 13.4. The first kappa shape index (κ1) is 29.1. The minimum Gasteiger partial charge on any atom is -0.458 e. The normalized spacial score (nSPS) is 12.0. The highest BCUT2D eigenvalue weighted by Gasteiger charge is 2.15. The van der Waals surface area contributed by atoms with Gasteiger partial charge in [0.15, 0.2) is 0 Å². The maximum atomic E-state index is 11.0. The van der Waals surface area contributed by atoms with E-state index in [1.54, 1.807) is 16.9 Å². The van der Waals surface area contributed by atoms with Gasteiger partial charge in [-0.1, -0.05) is 19.6 Å². The number of hydrogen-bond acceptors (Lipinski definition) is 7. The molecular formula is C31H38N6O2. The summed E-state index contributed by atoms with van der Waals surface area (Å²) in [5.74, 6) is 2.02. The van der Waals surface area contributed by atoms with Crippen LogP contribution in [0.2, 0.25) is 0 Å². The molecule has 1 aliphatic rings. The van der Waals surface area contributed by atoms with Crippen molar-refractivity contribution < 1.29 is 9.53 Å². The zero-order chi connectivity index (χ0) is 28.0. The quantitative estimate of drug-likeness (QED) is 0.223. The van der Waals surface area contributed by atoms with Crippen LogP contribution in [0.5, 0.6) is 5.75 Å². The van der Waals surface area contributed by atoms with Gasteiger partial charge in [0, 0.05) is 37.7 Å². The number of fused-ring (bicyclic) bond motifs is 1. The lowest BCUT2D eigenvalue weighted by Gasteiger charge is -2.13. The highest BCUT2D eigenvalue weighted by Crippen LogP contribution is 2.32. The molecule has 39 heavy (non-hydrogen) atoms. The van der Waals surface area contributed by atoms with Gasteiger partial charge in [0.25, 0.3) is 0 Å². The second-order valence-electron chi connectivity index (χ2n) is 9.14. The van der Waals surface area contributed by atoms with Gasteiger partial charge in [-0.3, -0.25) is 4.79 Å². The van der Waals surface area contributed by atoms with Crippen molar-refractivity contribution in [2.24, 2.45) is 0 Å². The van der Waals surface area contributed by atoms with Gasteiger partial charge in [-0.25, -0.2) is 4.52 Å². The first-order chi connectivity index (χ1) is 19.0. The average Bonchev–Trinajstić information content (AvgIpc) is 3.29. The van der Waals surface area contributed by atoms with Gasteiger partial charge < -0.3 is 20.7 Å². The monoisotopic (exact) mass is 526 g/mol. The maximum Gasteiger partial charge on any atom is 0.132 e. The third-order valence-corrected chi connectivity index (χ3v) is 6.22. The molecule has 3 N–H and O–H groups in total. The zero-order valence-electron chi connectivity index (χ0n) is 23.1. The van der Waals surface area contributed by atoms with Crippen LogP contribution in [0.25, 0.3) is 5.52 Å². The molecule has 0 saturated carbocycles. The lowest BCUT2D eigenvalue weighted by Crippen LogP contribution is -2.08. The molecule has 1 aromatic carbocycles. The lowest BCUT2D eigenvalue weighted by molar-refractivity contribution is -0.119. The molecule has 4 rings (SSSR count). The molecule has 0 radical (unpaired) electrons. The summed E-state index contributed by atoms with van der Waals surface area (Å²) in [7, 11) is 1.87. The molecule has 8 nitrogen and oxygen atoms in total. The number of carbonyl (C=O) groups is 1. The maximum absolute atomic E-state index is 11.0. The van der Waals surface area contributed by atoms with Crippen LogP contribution >= 0.6 is 0 Å². The molecule has 1 aliphatic carbocycles.